The largest absolute Gasteiger partial charge is 0.348 e. The number of pyridine rings is 1. The van der Waals surface area contributed by atoms with Crippen LogP contribution in [0.15, 0.2) is 89.4 Å². The Morgan fingerprint density at radius 1 is 0.939 bits per heavy atom. The van der Waals surface area contributed by atoms with Crippen molar-refractivity contribution in [1.82, 2.24) is 20.5 Å². The number of fused-ring (bicyclic) bond motifs is 1. The van der Waals surface area contributed by atoms with E-state index in [-0.39, 0.29) is 5.91 Å². The summed E-state index contributed by atoms with van der Waals surface area (Å²) in [6.07, 6.45) is 0. The van der Waals surface area contributed by atoms with E-state index in [0.717, 1.165) is 32.4 Å². The molecule has 2 heterocycles. The van der Waals surface area contributed by atoms with Gasteiger partial charge in [-0.05, 0) is 30.7 Å². The summed E-state index contributed by atoms with van der Waals surface area (Å²) in [6.45, 7) is 2.48. The fourth-order valence-corrected chi connectivity index (χ4v) is 4.04. The highest BCUT2D eigenvalue weighted by Crippen LogP contribution is 2.32. The van der Waals surface area contributed by atoms with Gasteiger partial charge in [-0.25, -0.2) is 4.98 Å². The molecule has 5 rings (SSSR count). The number of hydrogen-bond donors (Lipinski definition) is 2. The summed E-state index contributed by atoms with van der Waals surface area (Å²) in [5, 5.41) is 11.3. The third-order valence-electron chi connectivity index (χ3n) is 5.54. The van der Waals surface area contributed by atoms with Crippen LogP contribution in [0.2, 0.25) is 0 Å². The van der Waals surface area contributed by atoms with Gasteiger partial charge in [0, 0.05) is 22.1 Å². The van der Waals surface area contributed by atoms with Crippen LogP contribution in [0.3, 0.4) is 0 Å². The summed E-state index contributed by atoms with van der Waals surface area (Å²) in [5.74, 6) is -0.167. The summed E-state index contributed by atoms with van der Waals surface area (Å²) in [5.41, 5.74) is 6.60. The number of carbonyl (C=O) groups is 1. The summed E-state index contributed by atoms with van der Waals surface area (Å²) in [6, 6.07) is 27.7. The van der Waals surface area contributed by atoms with Crippen LogP contribution in [0.25, 0.3) is 33.5 Å². The zero-order chi connectivity index (χ0) is 22.8. The summed E-state index contributed by atoms with van der Waals surface area (Å²) < 4.78 is 0.982. The lowest BCUT2D eigenvalue weighted by atomic mass is 10.0. The van der Waals surface area contributed by atoms with Gasteiger partial charge in [0.25, 0.3) is 5.91 Å². The molecular weight excluding hydrogens is 476 g/mol. The van der Waals surface area contributed by atoms with Crippen LogP contribution in [0.4, 0.5) is 0 Å². The molecule has 0 unspecified atom stereocenters. The molecule has 0 aliphatic heterocycles. The van der Waals surface area contributed by atoms with Gasteiger partial charge in [-0.2, -0.15) is 5.10 Å². The maximum atomic E-state index is 13.4. The number of halogens is 1. The van der Waals surface area contributed by atoms with Gasteiger partial charge in [0.2, 0.25) is 0 Å². The molecule has 2 aromatic heterocycles. The predicted molar refractivity (Wildman–Crippen MR) is 135 cm³/mol. The van der Waals surface area contributed by atoms with E-state index in [2.05, 4.69) is 31.4 Å². The summed E-state index contributed by atoms with van der Waals surface area (Å²) >= 11 is 3.48. The van der Waals surface area contributed by atoms with E-state index >= 15 is 0 Å². The number of nitrogens with zero attached hydrogens (tertiary/aromatic N) is 2. The minimum atomic E-state index is -0.167. The molecule has 2 N–H and O–H groups in total. The maximum absolute atomic E-state index is 13.4. The minimum Gasteiger partial charge on any atom is -0.348 e. The Balaban J connectivity index is 1.62. The summed E-state index contributed by atoms with van der Waals surface area (Å²) in [4.78, 5) is 18.2. The van der Waals surface area contributed by atoms with E-state index in [1.807, 2.05) is 91.9 Å². The van der Waals surface area contributed by atoms with Gasteiger partial charge in [0.05, 0.1) is 22.3 Å². The first kappa shape index (κ1) is 21.1. The number of amides is 1. The molecule has 33 heavy (non-hydrogen) atoms. The second-order valence-electron chi connectivity index (χ2n) is 7.89. The molecule has 0 saturated heterocycles. The Labute approximate surface area is 200 Å². The molecule has 0 spiro atoms. The van der Waals surface area contributed by atoms with Gasteiger partial charge >= 0.3 is 0 Å². The maximum Gasteiger partial charge on any atom is 0.252 e. The van der Waals surface area contributed by atoms with Crippen molar-refractivity contribution in [1.29, 1.82) is 0 Å². The number of benzene rings is 3. The highest BCUT2D eigenvalue weighted by molar-refractivity contribution is 9.10. The van der Waals surface area contributed by atoms with Crippen LogP contribution in [0.5, 0.6) is 0 Å². The van der Waals surface area contributed by atoms with Crippen molar-refractivity contribution in [3.8, 4) is 22.5 Å². The number of aromatic nitrogens is 3. The van der Waals surface area contributed by atoms with Crippen LogP contribution in [-0.4, -0.2) is 21.1 Å². The lowest BCUT2D eigenvalue weighted by molar-refractivity contribution is 0.0952. The first-order valence-corrected chi connectivity index (χ1v) is 11.4. The third kappa shape index (κ3) is 4.43. The number of H-pyrrole nitrogens is 1. The molecule has 0 atom stereocenters. The lowest BCUT2D eigenvalue weighted by Crippen LogP contribution is -2.23. The number of aromatic amines is 1. The molecule has 0 radical (unpaired) electrons. The molecule has 6 heteroatoms. The Morgan fingerprint density at radius 3 is 2.36 bits per heavy atom. The van der Waals surface area contributed by atoms with Gasteiger partial charge < -0.3 is 5.32 Å². The van der Waals surface area contributed by atoms with Gasteiger partial charge in [0.1, 0.15) is 0 Å². The Morgan fingerprint density at radius 2 is 1.64 bits per heavy atom. The van der Waals surface area contributed by atoms with E-state index < -0.39 is 0 Å². The van der Waals surface area contributed by atoms with Gasteiger partial charge in [-0.15, -0.1) is 0 Å². The first-order chi connectivity index (χ1) is 16.1. The van der Waals surface area contributed by atoms with Crippen molar-refractivity contribution < 1.29 is 4.79 Å². The Kier molecular flexibility index (Phi) is 5.75. The molecular formula is C27H21BrN4O. The lowest BCUT2D eigenvalue weighted by Gasteiger charge is -2.10. The smallest absolute Gasteiger partial charge is 0.252 e. The van der Waals surface area contributed by atoms with Gasteiger partial charge in [-0.3, -0.25) is 9.89 Å². The van der Waals surface area contributed by atoms with Crippen molar-refractivity contribution in [2.75, 3.05) is 0 Å². The molecule has 0 saturated carbocycles. The zero-order valence-electron chi connectivity index (χ0n) is 18.0. The van der Waals surface area contributed by atoms with E-state index in [1.165, 1.54) is 0 Å². The van der Waals surface area contributed by atoms with Crippen LogP contribution in [0.1, 0.15) is 21.5 Å². The number of rotatable bonds is 5. The van der Waals surface area contributed by atoms with E-state index in [0.29, 0.717) is 28.8 Å². The van der Waals surface area contributed by atoms with Crippen molar-refractivity contribution in [2.45, 2.75) is 13.5 Å². The molecule has 1 amide bonds. The predicted octanol–water partition coefficient (Wildman–Crippen LogP) is 6.29. The topological polar surface area (TPSA) is 70.7 Å². The third-order valence-corrected chi connectivity index (χ3v) is 6.07. The van der Waals surface area contributed by atoms with Crippen LogP contribution >= 0.6 is 15.9 Å². The molecule has 162 valence electrons. The zero-order valence-corrected chi connectivity index (χ0v) is 19.6. The monoisotopic (exact) mass is 496 g/mol. The first-order valence-electron chi connectivity index (χ1n) is 10.6. The van der Waals surface area contributed by atoms with E-state index in [4.69, 9.17) is 4.98 Å². The van der Waals surface area contributed by atoms with Crippen molar-refractivity contribution in [2.24, 2.45) is 0 Å². The fraction of sp³-hybridized carbons (Fsp3) is 0.0741. The molecule has 0 aliphatic carbocycles. The Bertz CT molecular complexity index is 1430. The second-order valence-corrected chi connectivity index (χ2v) is 8.81. The SMILES string of the molecule is Cc1ccc(-c2cc(C(=O)NCc3ccccc3)c3c(-c4ccc(Br)cc4)[nH]nc3n2)cc1. The molecule has 5 aromatic rings. The minimum absolute atomic E-state index is 0.167. The Hall–Kier alpha value is -3.77. The average molecular weight is 497 g/mol. The second kappa shape index (κ2) is 9.00. The highest BCUT2D eigenvalue weighted by Gasteiger charge is 2.20. The number of nitrogens with one attached hydrogen (secondary N) is 2. The quantitative estimate of drug-likeness (QED) is 0.300. The number of carbonyl (C=O) groups excluding carboxylic acids is 1. The average Bonchev–Trinajstić information content (AvgIpc) is 3.27. The number of hydrogen-bond acceptors (Lipinski definition) is 3. The highest BCUT2D eigenvalue weighted by atomic mass is 79.9. The van der Waals surface area contributed by atoms with Gasteiger partial charge in [0.15, 0.2) is 5.65 Å². The standard InChI is InChI=1S/C27H21BrN4O/c1-17-7-9-19(10-8-17)23-15-22(27(33)29-16-18-5-3-2-4-6-18)24-25(31-32-26(24)30-23)20-11-13-21(28)14-12-20/h2-15H,16H2,1H3,(H,29,33)(H,30,31,32). The van der Waals surface area contributed by atoms with Crippen molar-refractivity contribution in [3.05, 3.63) is 106 Å². The van der Waals surface area contributed by atoms with Crippen LogP contribution < -0.4 is 5.32 Å². The fourth-order valence-electron chi connectivity index (χ4n) is 3.77. The molecule has 0 bridgehead atoms. The molecule has 0 aliphatic rings. The van der Waals surface area contributed by atoms with Crippen LogP contribution in [-0.2, 0) is 6.54 Å². The van der Waals surface area contributed by atoms with E-state index in [1.54, 1.807) is 0 Å². The van der Waals surface area contributed by atoms with Crippen molar-refractivity contribution in [3.63, 3.8) is 0 Å². The number of aryl methyl sites for hydroxylation is 1. The van der Waals surface area contributed by atoms with E-state index in [9.17, 15) is 4.79 Å². The molecule has 3 aromatic carbocycles. The van der Waals surface area contributed by atoms with Crippen molar-refractivity contribution >= 4 is 32.9 Å². The normalized spacial score (nSPS) is 11.0. The molecule has 5 nitrogen and oxygen atoms in total. The summed E-state index contributed by atoms with van der Waals surface area (Å²) in [7, 11) is 0. The van der Waals surface area contributed by atoms with Gasteiger partial charge in [-0.1, -0.05) is 88.2 Å². The van der Waals surface area contributed by atoms with Crippen LogP contribution in [0, 0.1) is 6.92 Å². The molecule has 0 fully saturated rings.